The molecule has 0 atom stereocenters. The first-order chi connectivity index (χ1) is 11.9. The van der Waals surface area contributed by atoms with Gasteiger partial charge in [-0.2, -0.15) is 0 Å². The Balaban J connectivity index is 1.79. The van der Waals surface area contributed by atoms with E-state index in [1.807, 2.05) is 0 Å². The molecule has 2 heterocycles. The lowest BCUT2D eigenvalue weighted by Gasteiger charge is -2.33. The number of hydrogen-bond donors (Lipinski definition) is 3. The number of fused-ring (bicyclic) bond motifs is 1. The first kappa shape index (κ1) is 16.9. The van der Waals surface area contributed by atoms with E-state index in [2.05, 4.69) is 10.3 Å². The molecule has 0 saturated carbocycles. The number of carboxylic acids is 1. The molecule has 1 aromatic carbocycles. The molecule has 25 heavy (non-hydrogen) atoms. The molecule has 1 aliphatic heterocycles. The van der Waals surface area contributed by atoms with E-state index in [0.717, 1.165) is 0 Å². The number of non-ortho nitro benzene ring substituents is 1. The zero-order valence-corrected chi connectivity index (χ0v) is 13.3. The van der Waals surface area contributed by atoms with Gasteiger partial charge >= 0.3 is 5.97 Å². The number of H-pyrrole nitrogens is 1. The van der Waals surface area contributed by atoms with Gasteiger partial charge < -0.3 is 20.1 Å². The summed E-state index contributed by atoms with van der Waals surface area (Å²) in [5.41, 5.74) is -0.761. The van der Waals surface area contributed by atoms with Crippen molar-refractivity contribution in [2.45, 2.75) is 12.8 Å². The molecule has 0 aliphatic carbocycles. The van der Waals surface area contributed by atoms with Gasteiger partial charge in [-0.3, -0.25) is 19.7 Å². The lowest BCUT2D eigenvalue weighted by Crippen LogP contribution is -2.46. The number of aromatic nitrogens is 1. The normalized spacial score (nSPS) is 16.5. The maximum Gasteiger partial charge on any atom is 0.311 e. The summed E-state index contributed by atoms with van der Waals surface area (Å²) >= 11 is 0. The van der Waals surface area contributed by atoms with Crippen molar-refractivity contribution < 1.29 is 24.4 Å². The van der Waals surface area contributed by atoms with Crippen LogP contribution in [0.3, 0.4) is 0 Å². The first-order valence-corrected chi connectivity index (χ1v) is 7.78. The third kappa shape index (κ3) is 3.18. The number of amides is 1. The number of aromatic amines is 1. The summed E-state index contributed by atoms with van der Waals surface area (Å²) in [6, 6.07) is 6.06. The molecule has 3 rings (SSSR count). The first-order valence-electron chi connectivity index (χ1n) is 7.78. The number of nitrogens with one attached hydrogen (secondary N) is 2. The standard InChI is InChI=1S/C16H17N3O6/c20-14(17-9-16(15(21)22)4-6-25-7-5-16)11-8-10-2-1-3-12(19(23)24)13(10)18-11/h1-3,8,18H,4-7,9H2,(H,17,20)(H,21,22). The van der Waals surface area contributed by atoms with Crippen LogP contribution < -0.4 is 5.32 Å². The second-order valence-corrected chi connectivity index (χ2v) is 6.06. The SMILES string of the molecule is O=C(NCC1(C(=O)O)CCOCC1)c1cc2cccc([N+](=O)[O-])c2[nH]1. The average Bonchev–Trinajstić information content (AvgIpc) is 3.04. The number of rotatable bonds is 5. The third-order valence-corrected chi connectivity index (χ3v) is 4.57. The van der Waals surface area contributed by atoms with Crippen molar-refractivity contribution in [2.24, 2.45) is 5.41 Å². The Bertz CT molecular complexity index is 838. The van der Waals surface area contributed by atoms with Gasteiger partial charge in [-0.25, -0.2) is 0 Å². The molecule has 1 saturated heterocycles. The molecule has 132 valence electrons. The Labute approximate surface area is 142 Å². The predicted molar refractivity (Wildman–Crippen MR) is 87.4 cm³/mol. The molecule has 1 fully saturated rings. The molecule has 1 aliphatic rings. The van der Waals surface area contributed by atoms with Crippen LogP contribution in [0, 0.1) is 15.5 Å². The van der Waals surface area contributed by atoms with Crippen LogP contribution in [0.25, 0.3) is 10.9 Å². The summed E-state index contributed by atoms with van der Waals surface area (Å²) in [5, 5.41) is 23.7. The fourth-order valence-electron chi connectivity index (χ4n) is 2.99. The van der Waals surface area contributed by atoms with E-state index in [1.165, 1.54) is 18.2 Å². The van der Waals surface area contributed by atoms with Gasteiger partial charge in [0.1, 0.15) is 11.2 Å². The molecule has 0 spiro atoms. The highest BCUT2D eigenvalue weighted by molar-refractivity contribution is 6.00. The van der Waals surface area contributed by atoms with E-state index in [-0.39, 0.29) is 23.4 Å². The molecule has 0 radical (unpaired) electrons. The minimum Gasteiger partial charge on any atom is -0.481 e. The van der Waals surface area contributed by atoms with Crippen LogP contribution in [0.15, 0.2) is 24.3 Å². The number of nitro benzene ring substituents is 1. The predicted octanol–water partition coefficient (Wildman–Crippen LogP) is 1.69. The van der Waals surface area contributed by atoms with Crippen LogP contribution in [-0.2, 0) is 9.53 Å². The van der Waals surface area contributed by atoms with Gasteiger partial charge in [-0.15, -0.1) is 0 Å². The minimum absolute atomic E-state index is 0.0258. The number of benzene rings is 1. The Kier molecular flexibility index (Phi) is 4.41. The van der Waals surface area contributed by atoms with Crippen molar-refractivity contribution in [2.75, 3.05) is 19.8 Å². The van der Waals surface area contributed by atoms with E-state index in [1.54, 1.807) is 6.07 Å². The summed E-state index contributed by atoms with van der Waals surface area (Å²) < 4.78 is 5.20. The summed E-state index contributed by atoms with van der Waals surface area (Å²) in [4.78, 5) is 37.2. The Morgan fingerprint density at radius 3 is 2.72 bits per heavy atom. The lowest BCUT2D eigenvalue weighted by atomic mass is 9.80. The number of nitrogens with zero attached hydrogens (tertiary/aromatic N) is 1. The number of nitro groups is 1. The van der Waals surface area contributed by atoms with Crippen molar-refractivity contribution in [3.05, 3.63) is 40.1 Å². The molecule has 3 N–H and O–H groups in total. The summed E-state index contributed by atoms with van der Waals surface area (Å²) in [7, 11) is 0. The summed E-state index contributed by atoms with van der Waals surface area (Å²) in [6.07, 6.45) is 0.640. The number of para-hydroxylation sites is 1. The quantitative estimate of drug-likeness (QED) is 0.556. The number of carbonyl (C=O) groups is 2. The number of ether oxygens (including phenoxy) is 1. The zero-order valence-electron chi connectivity index (χ0n) is 13.3. The fourth-order valence-corrected chi connectivity index (χ4v) is 2.99. The fraction of sp³-hybridized carbons (Fsp3) is 0.375. The molecule has 9 nitrogen and oxygen atoms in total. The van der Waals surface area contributed by atoms with Crippen LogP contribution in [0.4, 0.5) is 5.69 Å². The molecule has 2 aromatic rings. The molecule has 9 heteroatoms. The van der Waals surface area contributed by atoms with E-state index in [4.69, 9.17) is 4.74 Å². The maximum absolute atomic E-state index is 12.4. The van der Waals surface area contributed by atoms with E-state index < -0.39 is 22.2 Å². The Hall–Kier alpha value is -2.94. The summed E-state index contributed by atoms with van der Waals surface area (Å²) in [6.45, 7) is 0.642. The smallest absolute Gasteiger partial charge is 0.311 e. The van der Waals surface area contributed by atoms with Gasteiger partial charge in [0.15, 0.2) is 0 Å². The lowest BCUT2D eigenvalue weighted by molar-refractivity contribution is -0.383. The second-order valence-electron chi connectivity index (χ2n) is 6.06. The van der Waals surface area contributed by atoms with Gasteiger partial charge in [0, 0.05) is 31.2 Å². The largest absolute Gasteiger partial charge is 0.481 e. The number of carboxylic acid groups (broad SMARTS) is 1. The summed E-state index contributed by atoms with van der Waals surface area (Å²) in [5.74, 6) is -1.47. The monoisotopic (exact) mass is 347 g/mol. The van der Waals surface area contributed by atoms with Crippen molar-refractivity contribution in [3.63, 3.8) is 0 Å². The van der Waals surface area contributed by atoms with Crippen LogP contribution >= 0.6 is 0 Å². The molecule has 1 amide bonds. The van der Waals surface area contributed by atoms with Crippen LogP contribution in [0.5, 0.6) is 0 Å². The van der Waals surface area contributed by atoms with E-state index in [9.17, 15) is 24.8 Å². The van der Waals surface area contributed by atoms with E-state index >= 15 is 0 Å². The number of hydrogen-bond acceptors (Lipinski definition) is 5. The second kappa shape index (κ2) is 6.52. The molecular weight excluding hydrogens is 330 g/mol. The van der Waals surface area contributed by atoms with E-state index in [0.29, 0.717) is 31.4 Å². The molecule has 1 aromatic heterocycles. The van der Waals surface area contributed by atoms with Gasteiger partial charge in [0.25, 0.3) is 11.6 Å². The topological polar surface area (TPSA) is 135 Å². The highest BCUT2D eigenvalue weighted by Gasteiger charge is 2.40. The Morgan fingerprint density at radius 1 is 1.36 bits per heavy atom. The van der Waals surface area contributed by atoms with Gasteiger partial charge in [-0.05, 0) is 18.9 Å². The highest BCUT2D eigenvalue weighted by Crippen LogP contribution is 2.30. The minimum atomic E-state index is -1.05. The maximum atomic E-state index is 12.4. The molecule has 0 unspecified atom stereocenters. The van der Waals surface area contributed by atoms with Crippen molar-refractivity contribution in [3.8, 4) is 0 Å². The highest BCUT2D eigenvalue weighted by atomic mass is 16.6. The van der Waals surface area contributed by atoms with Crippen molar-refractivity contribution >= 4 is 28.5 Å². The zero-order chi connectivity index (χ0) is 18.0. The Morgan fingerprint density at radius 2 is 2.08 bits per heavy atom. The average molecular weight is 347 g/mol. The third-order valence-electron chi connectivity index (χ3n) is 4.57. The van der Waals surface area contributed by atoms with Gasteiger partial charge in [0.2, 0.25) is 0 Å². The van der Waals surface area contributed by atoms with Crippen molar-refractivity contribution in [1.82, 2.24) is 10.3 Å². The van der Waals surface area contributed by atoms with Crippen LogP contribution in [-0.4, -0.2) is 46.6 Å². The van der Waals surface area contributed by atoms with Crippen LogP contribution in [0.1, 0.15) is 23.3 Å². The van der Waals surface area contributed by atoms with Gasteiger partial charge in [0.05, 0.1) is 10.3 Å². The number of aliphatic carboxylic acids is 1. The van der Waals surface area contributed by atoms with Crippen LogP contribution in [0.2, 0.25) is 0 Å². The van der Waals surface area contributed by atoms with Crippen molar-refractivity contribution in [1.29, 1.82) is 0 Å². The molecule has 0 bridgehead atoms. The number of carbonyl (C=O) groups excluding carboxylic acids is 1. The molecular formula is C16H17N3O6. The van der Waals surface area contributed by atoms with Gasteiger partial charge in [-0.1, -0.05) is 12.1 Å².